The first kappa shape index (κ1) is 23.2. The zero-order valence-corrected chi connectivity index (χ0v) is 22.1. The normalized spacial score (nSPS) is 11.1. The van der Waals surface area contributed by atoms with Crippen molar-refractivity contribution < 1.29 is 4.42 Å². The molecule has 0 fully saturated rings. The van der Waals surface area contributed by atoms with Crippen LogP contribution in [0.2, 0.25) is 0 Å². The fourth-order valence-electron chi connectivity index (χ4n) is 5.12. The quantitative estimate of drug-likeness (QED) is 0.216. The topological polar surface area (TPSA) is 28.9 Å². The van der Waals surface area contributed by atoms with E-state index in [1.807, 2.05) is 65.0 Å². The van der Waals surface area contributed by atoms with E-state index in [0.29, 0.717) is 0 Å². The lowest BCUT2D eigenvalue weighted by Gasteiger charge is -2.03. The van der Waals surface area contributed by atoms with Crippen LogP contribution in [0.1, 0.15) is 41.5 Å². The lowest BCUT2D eigenvalue weighted by atomic mass is 9.98. The van der Waals surface area contributed by atoms with Gasteiger partial charge in [0.25, 0.3) is 0 Å². The number of benzene rings is 5. The van der Waals surface area contributed by atoms with E-state index in [9.17, 15) is 0 Å². The predicted molar refractivity (Wildman–Crippen MR) is 159 cm³/mol. The number of furan rings is 1. The number of nitrogens with one attached hydrogen (secondary N) is 1. The Morgan fingerprint density at radius 3 is 2.14 bits per heavy atom. The van der Waals surface area contributed by atoms with Crippen molar-refractivity contribution in [2.24, 2.45) is 0 Å². The molecule has 8 rings (SSSR count). The molecule has 0 amide bonds. The van der Waals surface area contributed by atoms with E-state index in [1.54, 1.807) is 0 Å². The van der Waals surface area contributed by atoms with Crippen molar-refractivity contribution in [3.8, 4) is 0 Å². The number of fused-ring (bicyclic) bond motifs is 8. The second-order valence-corrected chi connectivity index (χ2v) is 8.89. The molecule has 0 saturated carbocycles. The average molecular weight is 478 g/mol. The van der Waals surface area contributed by atoms with Crippen LogP contribution in [0, 0.1) is 0 Å². The molecule has 0 atom stereocenters. The Balaban J connectivity index is 0.000000396. The number of para-hydroxylation sites is 1. The minimum Gasteiger partial charge on any atom is -0.455 e. The van der Waals surface area contributed by atoms with Crippen LogP contribution in [-0.4, -0.2) is 4.98 Å². The first-order valence-electron chi connectivity index (χ1n) is 12.8. The fraction of sp³-hybridized carbons (Fsp3) is 0.188. The summed E-state index contributed by atoms with van der Waals surface area (Å²) in [7, 11) is 0. The van der Waals surface area contributed by atoms with E-state index >= 15 is 0 Å². The van der Waals surface area contributed by atoms with E-state index in [2.05, 4.69) is 65.6 Å². The zero-order chi connectivity index (χ0) is 24.7. The van der Waals surface area contributed by atoms with E-state index in [-0.39, 0.29) is 0 Å². The Hall–Kier alpha value is -3.56. The molecule has 0 aliphatic heterocycles. The summed E-state index contributed by atoms with van der Waals surface area (Å²) < 4.78 is 8.98. The van der Waals surface area contributed by atoms with Gasteiger partial charge >= 0.3 is 0 Å². The highest BCUT2D eigenvalue weighted by molar-refractivity contribution is 7.26. The molecule has 0 saturated heterocycles. The number of aromatic amines is 1. The Kier molecular flexibility index (Phi) is 6.12. The molecule has 3 aromatic heterocycles. The van der Waals surface area contributed by atoms with Crippen LogP contribution in [0.15, 0.2) is 77.2 Å². The standard InChI is InChI=1S/C26H13NOS.3C2H6/c1-3-7-20-14(5-1)17-12-19-23-16(25(17)28-20)10-9-13-11-18-15-6-2-4-8-21(15)29-26(18)24(27-19)22(13)23;3*1-2/h1-12,27H;3*1-2H3. The van der Waals surface area contributed by atoms with E-state index in [0.717, 1.165) is 11.2 Å². The molecule has 0 spiro atoms. The van der Waals surface area contributed by atoms with Crippen LogP contribution in [-0.2, 0) is 0 Å². The van der Waals surface area contributed by atoms with Crippen molar-refractivity contribution in [1.82, 2.24) is 4.98 Å². The number of aromatic nitrogens is 1. The molecule has 0 unspecified atom stereocenters. The van der Waals surface area contributed by atoms with Crippen molar-refractivity contribution in [1.29, 1.82) is 0 Å². The molecule has 0 aliphatic carbocycles. The van der Waals surface area contributed by atoms with Gasteiger partial charge in [0.1, 0.15) is 11.2 Å². The molecule has 0 radical (unpaired) electrons. The third-order valence-corrected chi connectivity index (χ3v) is 7.55. The monoisotopic (exact) mass is 477 g/mol. The number of hydrogen-bond donors (Lipinski definition) is 1. The first-order chi connectivity index (χ1) is 17.4. The SMILES string of the molecule is CC.CC.CC.c1ccc2c(c1)oc1c2cc2[nH]c3c4sc5ccccc5c4cc4ccc1c2c43. The fourth-order valence-corrected chi connectivity index (χ4v) is 6.31. The number of hydrogen-bond acceptors (Lipinski definition) is 2. The van der Waals surface area contributed by atoms with Gasteiger partial charge in [0.15, 0.2) is 0 Å². The van der Waals surface area contributed by atoms with E-state index in [1.165, 1.54) is 63.5 Å². The Morgan fingerprint density at radius 2 is 1.34 bits per heavy atom. The summed E-state index contributed by atoms with van der Waals surface area (Å²) in [4.78, 5) is 3.78. The highest BCUT2D eigenvalue weighted by Crippen LogP contribution is 2.46. The third kappa shape index (κ3) is 3.22. The molecule has 3 heteroatoms. The van der Waals surface area contributed by atoms with Gasteiger partial charge in [0.2, 0.25) is 0 Å². The summed E-state index contributed by atoms with van der Waals surface area (Å²) in [6.07, 6.45) is 0. The van der Waals surface area contributed by atoms with Crippen molar-refractivity contribution in [2.45, 2.75) is 41.5 Å². The zero-order valence-electron chi connectivity index (χ0n) is 21.2. The first-order valence-corrected chi connectivity index (χ1v) is 13.6. The van der Waals surface area contributed by atoms with Gasteiger partial charge in [0, 0.05) is 47.9 Å². The van der Waals surface area contributed by atoms with Crippen molar-refractivity contribution >= 4 is 86.0 Å². The summed E-state index contributed by atoms with van der Waals surface area (Å²) in [6, 6.07) is 26.1. The highest BCUT2D eigenvalue weighted by Gasteiger charge is 2.20. The Labute approximate surface area is 209 Å². The maximum atomic E-state index is 6.30. The molecule has 3 heterocycles. The Morgan fingerprint density at radius 1 is 0.629 bits per heavy atom. The maximum Gasteiger partial charge on any atom is 0.143 e. The largest absolute Gasteiger partial charge is 0.455 e. The molecule has 2 nitrogen and oxygen atoms in total. The predicted octanol–water partition coefficient (Wildman–Crippen LogP) is 11.3. The lowest BCUT2D eigenvalue weighted by molar-refractivity contribution is 0.673. The number of rotatable bonds is 0. The van der Waals surface area contributed by atoms with Crippen LogP contribution in [0.3, 0.4) is 0 Å². The Bertz CT molecular complexity index is 1910. The second kappa shape index (κ2) is 9.24. The second-order valence-electron chi connectivity index (χ2n) is 7.84. The number of thiophene rings is 1. The minimum absolute atomic E-state index is 0.946. The van der Waals surface area contributed by atoms with Crippen molar-refractivity contribution in [2.75, 3.05) is 0 Å². The van der Waals surface area contributed by atoms with Crippen molar-refractivity contribution in [3.05, 3.63) is 72.8 Å². The van der Waals surface area contributed by atoms with Gasteiger partial charge in [-0.25, -0.2) is 0 Å². The van der Waals surface area contributed by atoms with Crippen LogP contribution in [0.4, 0.5) is 0 Å². The lowest BCUT2D eigenvalue weighted by Crippen LogP contribution is -1.78. The minimum atomic E-state index is 0.946. The summed E-state index contributed by atoms with van der Waals surface area (Å²) in [6.45, 7) is 12.0. The number of H-pyrrole nitrogens is 1. The van der Waals surface area contributed by atoms with Gasteiger partial charge in [-0.2, -0.15) is 0 Å². The van der Waals surface area contributed by atoms with Gasteiger partial charge in [-0.3, -0.25) is 0 Å². The smallest absolute Gasteiger partial charge is 0.143 e. The molecule has 8 aromatic rings. The molecule has 5 aromatic carbocycles. The summed E-state index contributed by atoms with van der Waals surface area (Å²) >= 11 is 1.88. The third-order valence-electron chi connectivity index (χ3n) is 6.34. The van der Waals surface area contributed by atoms with Crippen LogP contribution in [0.5, 0.6) is 0 Å². The molecule has 35 heavy (non-hydrogen) atoms. The molecule has 176 valence electrons. The van der Waals surface area contributed by atoms with Gasteiger partial charge in [-0.15, -0.1) is 11.3 Å². The molecular weight excluding hydrogens is 446 g/mol. The summed E-state index contributed by atoms with van der Waals surface area (Å²) in [5.74, 6) is 0. The summed E-state index contributed by atoms with van der Waals surface area (Å²) in [5, 5.41) is 10.1. The van der Waals surface area contributed by atoms with E-state index < -0.39 is 0 Å². The highest BCUT2D eigenvalue weighted by atomic mass is 32.1. The molecule has 0 aliphatic rings. The molecular formula is C32H31NOS. The summed E-state index contributed by atoms with van der Waals surface area (Å²) in [5.41, 5.74) is 4.36. The molecule has 1 N–H and O–H groups in total. The van der Waals surface area contributed by atoms with E-state index in [4.69, 9.17) is 4.42 Å². The van der Waals surface area contributed by atoms with Crippen LogP contribution < -0.4 is 0 Å². The van der Waals surface area contributed by atoms with Crippen molar-refractivity contribution in [3.63, 3.8) is 0 Å². The van der Waals surface area contributed by atoms with Crippen LogP contribution >= 0.6 is 11.3 Å². The van der Waals surface area contributed by atoms with Crippen LogP contribution in [0.25, 0.3) is 74.7 Å². The van der Waals surface area contributed by atoms with Gasteiger partial charge in [0.05, 0.1) is 10.2 Å². The van der Waals surface area contributed by atoms with Gasteiger partial charge < -0.3 is 9.40 Å². The molecule has 0 bridgehead atoms. The van der Waals surface area contributed by atoms with Gasteiger partial charge in [-0.1, -0.05) is 84.0 Å². The van der Waals surface area contributed by atoms with Gasteiger partial charge in [-0.05, 0) is 35.7 Å². The average Bonchev–Trinajstić information content (AvgIpc) is 3.62. The maximum absolute atomic E-state index is 6.30.